The number of nitrogens with two attached hydrogens (primary N) is 2. The highest BCUT2D eigenvalue weighted by molar-refractivity contribution is 5.68. The summed E-state index contributed by atoms with van der Waals surface area (Å²) in [4.78, 5) is 0. The lowest BCUT2D eigenvalue weighted by molar-refractivity contribution is 0.914. The first-order valence-electron chi connectivity index (χ1n) is 4.23. The third-order valence-electron chi connectivity index (χ3n) is 1.83. The zero-order valence-corrected chi connectivity index (χ0v) is 7.38. The van der Waals surface area contributed by atoms with Crippen molar-refractivity contribution in [3.8, 4) is 0 Å². The van der Waals surface area contributed by atoms with Crippen LogP contribution in [-0.2, 0) is 0 Å². The van der Waals surface area contributed by atoms with Crippen LogP contribution >= 0.6 is 0 Å². The van der Waals surface area contributed by atoms with E-state index in [9.17, 15) is 0 Å². The van der Waals surface area contributed by atoms with E-state index in [0.717, 1.165) is 18.4 Å². The van der Waals surface area contributed by atoms with Crippen LogP contribution in [0.15, 0.2) is 18.2 Å². The standard InChI is InChI=1S/C10H15N2/c1-2-3-5-8-6-4-7-9(11)10(8)12/h4-7H,2-3,11-12H2,1H3. The van der Waals surface area contributed by atoms with Crippen LogP contribution in [-0.4, -0.2) is 0 Å². The lowest BCUT2D eigenvalue weighted by Gasteiger charge is -2.06. The van der Waals surface area contributed by atoms with Crippen LogP contribution < -0.4 is 11.5 Å². The van der Waals surface area contributed by atoms with Crippen LogP contribution in [0.4, 0.5) is 11.4 Å². The maximum atomic E-state index is 5.77. The van der Waals surface area contributed by atoms with Gasteiger partial charge in [-0.3, -0.25) is 0 Å². The SMILES string of the molecule is CCC[CH]c1cccc(N)c1N. The molecule has 0 spiro atoms. The molecule has 0 aliphatic heterocycles. The predicted octanol–water partition coefficient (Wildman–Crippen LogP) is 2.20. The molecule has 1 radical (unpaired) electrons. The molecule has 1 rings (SSSR count). The van der Waals surface area contributed by atoms with Gasteiger partial charge in [0.15, 0.2) is 0 Å². The van der Waals surface area contributed by atoms with Gasteiger partial charge < -0.3 is 11.5 Å². The van der Waals surface area contributed by atoms with E-state index in [1.807, 2.05) is 18.2 Å². The summed E-state index contributed by atoms with van der Waals surface area (Å²) < 4.78 is 0. The highest BCUT2D eigenvalue weighted by atomic mass is 14.7. The molecular weight excluding hydrogens is 148 g/mol. The predicted molar refractivity (Wildman–Crippen MR) is 53.6 cm³/mol. The minimum Gasteiger partial charge on any atom is -0.397 e. The summed E-state index contributed by atoms with van der Waals surface area (Å²) in [5.74, 6) is 0. The maximum absolute atomic E-state index is 5.77. The molecule has 0 atom stereocenters. The molecule has 0 heterocycles. The molecule has 1 aromatic carbocycles. The third-order valence-corrected chi connectivity index (χ3v) is 1.83. The van der Waals surface area contributed by atoms with Crippen molar-refractivity contribution in [2.75, 3.05) is 11.5 Å². The van der Waals surface area contributed by atoms with Crippen molar-refractivity contribution in [1.29, 1.82) is 0 Å². The fraction of sp³-hybridized carbons (Fsp3) is 0.300. The molecule has 0 unspecified atom stereocenters. The average molecular weight is 163 g/mol. The first-order valence-corrected chi connectivity index (χ1v) is 4.23. The Morgan fingerprint density at radius 2 is 2.08 bits per heavy atom. The Balaban J connectivity index is 2.78. The molecule has 4 N–H and O–H groups in total. The van der Waals surface area contributed by atoms with Crippen LogP contribution in [0.3, 0.4) is 0 Å². The summed E-state index contributed by atoms with van der Waals surface area (Å²) in [6, 6.07) is 5.73. The van der Waals surface area contributed by atoms with Gasteiger partial charge in [-0.2, -0.15) is 0 Å². The van der Waals surface area contributed by atoms with Gasteiger partial charge in [0.1, 0.15) is 0 Å². The molecular formula is C10H15N2. The van der Waals surface area contributed by atoms with E-state index in [2.05, 4.69) is 13.3 Å². The molecule has 12 heavy (non-hydrogen) atoms. The van der Waals surface area contributed by atoms with Crippen LogP contribution in [0.1, 0.15) is 25.3 Å². The third kappa shape index (κ3) is 1.91. The van der Waals surface area contributed by atoms with E-state index in [1.54, 1.807) is 0 Å². The molecule has 0 bridgehead atoms. The van der Waals surface area contributed by atoms with Crippen molar-refractivity contribution < 1.29 is 0 Å². The largest absolute Gasteiger partial charge is 0.397 e. The smallest absolute Gasteiger partial charge is 0.0583 e. The van der Waals surface area contributed by atoms with Gasteiger partial charge in [0.05, 0.1) is 11.4 Å². The number of benzene rings is 1. The number of para-hydroxylation sites is 1. The second-order valence-electron chi connectivity index (χ2n) is 2.84. The van der Waals surface area contributed by atoms with Crippen LogP contribution in [0, 0.1) is 6.42 Å². The molecule has 1 aromatic rings. The normalized spacial score (nSPS) is 10.1. The molecule has 0 aliphatic carbocycles. The Morgan fingerprint density at radius 1 is 1.33 bits per heavy atom. The van der Waals surface area contributed by atoms with E-state index in [-0.39, 0.29) is 0 Å². The lowest BCUT2D eigenvalue weighted by Crippen LogP contribution is -1.98. The van der Waals surface area contributed by atoms with Crippen molar-refractivity contribution in [2.24, 2.45) is 0 Å². The first-order chi connectivity index (χ1) is 5.75. The maximum Gasteiger partial charge on any atom is 0.0583 e. The van der Waals surface area contributed by atoms with Crippen molar-refractivity contribution in [1.82, 2.24) is 0 Å². The highest BCUT2D eigenvalue weighted by Gasteiger charge is 2.00. The van der Waals surface area contributed by atoms with Crippen molar-refractivity contribution in [3.63, 3.8) is 0 Å². The zero-order valence-electron chi connectivity index (χ0n) is 7.38. The van der Waals surface area contributed by atoms with Gasteiger partial charge in [0.2, 0.25) is 0 Å². The molecule has 0 aliphatic rings. The molecule has 0 aromatic heterocycles. The monoisotopic (exact) mass is 163 g/mol. The molecule has 2 heteroatoms. The van der Waals surface area contributed by atoms with Crippen LogP contribution in [0.5, 0.6) is 0 Å². The van der Waals surface area contributed by atoms with Gasteiger partial charge in [-0.25, -0.2) is 0 Å². The minimum atomic E-state index is 0.667. The molecule has 0 amide bonds. The second kappa shape index (κ2) is 4.00. The Bertz CT molecular complexity index is 256. The number of hydrogen-bond donors (Lipinski definition) is 2. The average Bonchev–Trinajstić information content (AvgIpc) is 2.08. The number of nitrogen functional groups attached to an aromatic ring is 2. The van der Waals surface area contributed by atoms with Gasteiger partial charge in [-0.15, -0.1) is 0 Å². The van der Waals surface area contributed by atoms with Gasteiger partial charge >= 0.3 is 0 Å². The van der Waals surface area contributed by atoms with E-state index in [0.29, 0.717) is 11.4 Å². The summed E-state index contributed by atoms with van der Waals surface area (Å²) in [7, 11) is 0. The molecule has 0 saturated heterocycles. The molecule has 0 fully saturated rings. The zero-order chi connectivity index (χ0) is 8.97. The topological polar surface area (TPSA) is 52.0 Å². The summed E-state index contributed by atoms with van der Waals surface area (Å²) in [5.41, 5.74) is 13.8. The minimum absolute atomic E-state index is 0.667. The number of unbranched alkanes of at least 4 members (excludes halogenated alkanes) is 1. The van der Waals surface area contributed by atoms with E-state index >= 15 is 0 Å². The lowest BCUT2D eigenvalue weighted by atomic mass is 10.1. The number of rotatable bonds is 3. The quantitative estimate of drug-likeness (QED) is 0.671. The van der Waals surface area contributed by atoms with Gasteiger partial charge in [0, 0.05) is 0 Å². The molecule has 65 valence electrons. The van der Waals surface area contributed by atoms with Gasteiger partial charge in [-0.1, -0.05) is 25.5 Å². The van der Waals surface area contributed by atoms with Crippen molar-refractivity contribution in [2.45, 2.75) is 19.8 Å². The van der Waals surface area contributed by atoms with E-state index < -0.39 is 0 Å². The molecule has 0 saturated carbocycles. The fourth-order valence-electron chi connectivity index (χ4n) is 1.08. The summed E-state index contributed by atoms with van der Waals surface area (Å²) in [6.07, 6.45) is 4.30. The molecule has 2 nitrogen and oxygen atoms in total. The van der Waals surface area contributed by atoms with Gasteiger partial charge in [-0.05, 0) is 24.5 Å². The Labute approximate surface area is 73.6 Å². The fourth-order valence-corrected chi connectivity index (χ4v) is 1.08. The first kappa shape index (κ1) is 8.91. The van der Waals surface area contributed by atoms with Crippen molar-refractivity contribution >= 4 is 11.4 Å². The number of hydrogen-bond acceptors (Lipinski definition) is 2. The Kier molecular flexibility index (Phi) is 2.97. The van der Waals surface area contributed by atoms with Gasteiger partial charge in [0.25, 0.3) is 0 Å². The van der Waals surface area contributed by atoms with E-state index in [1.165, 1.54) is 0 Å². The second-order valence-corrected chi connectivity index (χ2v) is 2.84. The Morgan fingerprint density at radius 3 is 2.75 bits per heavy atom. The Hall–Kier alpha value is -1.18. The number of anilines is 2. The summed E-state index contributed by atoms with van der Waals surface area (Å²) in [6.45, 7) is 2.14. The van der Waals surface area contributed by atoms with Crippen LogP contribution in [0.25, 0.3) is 0 Å². The van der Waals surface area contributed by atoms with E-state index in [4.69, 9.17) is 11.5 Å². The van der Waals surface area contributed by atoms with Crippen LogP contribution in [0.2, 0.25) is 0 Å². The summed E-state index contributed by atoms with van der Waals surface area (Å²) >= 11 is 0. The van der Waals surface area contributed by atoms with Crippen molar-refractivity contribution in [3.05, 3.63) is 30.2 Å². The summed E-state index contributed by atoms with van der Waals surface area (Å²) in [5, 5.41) is 0. The highest BCUT2D eigenvalue weighted by Crippen LogP contribution is 2.21.